The van der Waals surface area contributed by atoms with Crippen LogP contribution in [0.5, 0.6) is 0 Å². The first-order valence-corrected chi connectivity index (χ1v) is 6.42. The van der Waals surface area contributed by atoms with Gasteiger partial charge in [0, 0.05) is 20.0 Å². The van der Waals surface area contributed by atoms with Gasteiger partial charge in [-0.1, -0.05) is 0 Å². The molecule has 1 atom stereocenters. The third-order valence-electron chi connectivity index (χ3n) is 3.54. The van der Waals surface area contributed by atoms with E-state index < -0.39 is 5.60 Å². The fraction of sp³-hybridized carbons (Fsp3) is 0.571. The number of anilines is 1. The second-order valence-corrected chi connectivity index (χ2v) is 5.30. The molecule has 1 aromatic heterocycles. The van der Waals surface area contributed by atoms with Crippen molar-refractivity contribution in [3.8, 4) is 0 Å². The number of hydrogen-bond acceptors (Lipinski definition) is 4. The molecule has 0 amide bonds. The third-order valence-corrected chi connectivity index (χ3v) is 3.54. The quantitative estimate of drug-likeness (QED) is 0.814. The Morgan fingerprint density at radius 2 is 2.17 bits per heavy atom. The molecule has 0 spiro atoms. The Labute approximate surface area is 108 Å². The fourth-order valence-electron chi connectivity index (χ4n) is 2.30. The van der Waals surface area contributed by atoms with Crippen LogP contribution in [-0.2, 0) is 0 Å². The first-order chi connectivity index (χ1) is 8.48. The van der Waals surface area contributed by atoms with Crippen molar-refractivity contribution in [2.24, 2.45) is 0 Å². The summed E-state index contributed by atoms with van der Waals surface area (Å²) in [6.45, 7) is 5.17. The standard InChI is InChI=1S/C14H20N2O2/c1-11(17)13-5-4-12(10-15-13)16-8-3-6-14(2,18)7-9-16/h4-5,10,18H,3,6-9H2,1-2H3. The van der Waals surface area contributed by atoms with Crippen molar-refractivity contribution >= 4 is 11.5 Å². The summed E-state index contributed by atoms with van der Waals surface area (Å²) in [5.74, 6) is -0.0136. The van der Waals surface area contributed by atoms with Gasteiger partial charge in [-0.25, -0.2) is 0 Å². The number of ketones is 1. The van der Waals surface area contributed by atoms with E-state index in [0.29, 0.717) is 5.69 Å². The molecule has 1 aliphatic rings. The first kappa shape index (κ1) is 13.0. The minimum absolute atomic E-state index is 0.0136. The summed E-state index contributed by atoms with van der Waals surface area (Å²) in [7, 11) is 0. The summed E-state index contributed by atoms with van der Waals surface area (Å²) in [5, 5.41) is 10.0. The largest absolute Gasteiger partial charge is 0.390 e. The third kappa shape index (κ3) is 3.07. The molecule has 1 aromatic rings. The molecule has 2 heterocycles. The molecule has 0 aliphatic carbocycles. The zero-order chi connectivity index (χ0) is 13.2. The Kier molecular flexibility index (Phi) is 3.66. The molecule has 0 aromatic carbocycles. The van der Waals surface area contributed by atoms with Crippen LogP contribution in [0.2, 0.25) is 0 Å². The number of nitrogens with zero attached hydrogens (tertiary/aromatic N) is 2. The molecule has 1 fully saturated rings. The van der Waals surface area contributed by atoms with Crippen LogP contribution in [-0.4, -0.2) is 34.6 Å². The molecule has 2 rings (SSSR count). The van der Waals surface area contributed by atoms with Crippen LogP contribution in [0.1, 0.15) is 43.6 Å². The zero-order valence-corrected chi connectivity index (χ0v) is 11.0. The Morgan fingerprint density at radius 3 is 2.78 bits per heavy atom. The molecule has 98 valence electrons. The molecule has 4 heteroatoms. The highest BCUT2D eigenvalue weighted by Crippen LogP contribution is 2.24. The summed E-state index contributed by atoms with van der Waals surface area (Å²) >= 11 is 0. The maximum absolute atomic E-state index is 11.2. The Hall–Kier alpha value is -1.42. The van der Waals surface area contributed by atoms with Gasteiger partial charge in [0.15, 0.2) is 5.78 Å². The number of aliphatic hydroxyl groups is 1. The number of aromatic nitrogens is 1. The highest BCUT2D eigenvalue weighted by molar-refractivity contribution is 5.92. The van der Waals surface area contributed by atoms with Gasteiger partial charge in [-0.3, -0.25) is 9.78 Å². The van der Waals surface area contributed by atoms with Gasteiger partial charge in [-0.2, -0.15) is 0 Å². The Balaban J connectivity index is 2.09. The Morgan fingerprint density at radius 1 is 1.39 bits per heavy atom. The van der Waals surface area contributed by atoms with Gasteiger partial charge in [-0.15, -0.1) is 0 Å². The van der Waals surface area contributed by atoms with Gasteiger partial charge in [0.1, 0.15) is 5.69 Å². The molecule has 1 saturated heterocycles. The van der Waals surface area contributed by atoms with Crippen molar-refractivity contribution in [1.82, 2.24) is 4.98 Å². The predicted octanol–water partition coefficient (Wildman–Crippen LogP) is 2.03. The highest BCUT2D eigenvalue weighted by Gasteiger charge is 2.25. The molecular weight excluding hydrogens is 228 g/mol. The molecule has 0 saturated carbocycles. The minimum atomic E-state index is -0.554. The van der Waals surface area contributed by atoms with E-state index in [4.69, 9.17) is 0 Å². The molecule has 18 heavy (non-hydrogen) atoms. The van der Waals surface area contributed by atoms with Crippen LogP contribution in [0.15, 0.2) is 18.3 Å². The number of carbonyl (C=O) groups excluding carboxylic acids is 1. The highest BCUT2D eigenvalue weighted by atomic mass is 16.3. The predicted molar refractivity (Wildman–Crippen MR) is 70.9 cm³/mol. The van der Waals surface area contributed by atoms with Gasteiger partial charge in [0.05, 0.1) is 17.5 Å². The monoisotopic (exact) mass is 248 g/mol. The van der Waals surface area contributed by atoms with Gasteiger partial charge < -0.3 is 10.0 Å². The summed E-state index contributed by atoms with van der Waals surface area (Å²) < 4.78 is 0. The van der Waals surface area contributed by atoms with E-state index in [-0.39, 0.29) is 5.78 Å². The lowest BCUT2D eigenvalue weighted by atomic mass is 9.98. The van der Waals surface area contributed by atoms with Crippen LogP contribution < -0.4 is 4.90 Å². The fourth-order valence-corrected chi connectivity index (χ4v) is 2.30. The average molecular weight is 248 g/mol. The van der Waals surface area contributed by atoms with E-state index in [1.807, 2.05) is 13.0 Å². The SMILES string of the molecule is CC(=O)c1ccc(N2CCCC(C)(O)CC2)cn1. The minimum Gasteiger partial charge on any atom is -0.390 e. The number of carbonyl (C=O) groups is 1. The van der Waals surface area contributed by atoms with E-state index in [1.54, 1.807) is 12.3 Å². The molecule has 4 nitrogen and oxygen atoms in total. The van der Waals surface area contributed by atoms with Crippen LogP contribution >= 0.6 is 0 Å². The van der Waals surface area contributed by atoms with Crippen molar-refractivity contribution < 1.29 is 9.90 Å². The lowest BCUT2D eigenvalue weighted by molar-refractivity contribution is 0.0481. The topological polar surface area (TPSA) is 53.4 Å². The van der Waals surface area contributed by atoms with Gasteiger partial charge in [-0.05, 0) is 38.3 Å². The molecular formula is C14H20N2O2. The summed E-state index contributed by atoms with van der Waals surface area (Å²) in [4.78, 5) is 17.6. The number of pyridine rings is 1. The van der Waals surface area contributed by atoms with E-state index in [1.165, 1.54) is 6.92 Å². The smallest absolute Gasteiger partial charge is 0.178 e. The van der Waals surface area contributed by atoms with Crippen LogP contribution in [0, 0.1) is 0 Å². The van der Waals surface area contributed by atoms with E-state index in [0.717, 1.165) is 38.0 Å². The van der Waals surface area contributed by atoms with Crippen LogP contribution in [0.25, 0.3) is 0 Å². The van der Waals surface area contributed by atoms with Crippen molar-refractivity contribution in [2.75, 3.05) is 18.0 Å². The van der Waals surface area contributed by atoms with Crippen molar-refractivity contribution in [3.63, 3.8) is 0 Å². The second-order valence-electron chi connectivity index (χ2n) is 5.30. The van der Waals surface area contributed by atoms with Gasteiger partial charge in [0.2, 0.25) is 0 Å². The van der Waals surface area contributed by atoms with Crippen molar-refractivity contribution in [3.05, 3.63) is 24.0 Å². The van der Waals surface area contributed by atoms with E-state index >= 15 is 0 Å². The van der Waals surface area contributed by atoms with Crippen molar-refractivity contribution in [1.29, 1.82) is 0 Å². The number of hydrogen-bond donors (Lipinski definition) is 1. The van der Waals surface area contributed by atoms with Crippen LogP contribution in [0.3, 0.4) is 0 Å². The first-order valence-electron chi connectivity index (χ1n) is 6.42. The lowest BCUT2D eigenvalue weighted by Crippen LogP contribution is -2.28. The molecule has 1 aliphatic heterocycles. The van der Waals surface area contributed by atoms with E-state index in [2.05, 4.69) is 9.88 Å². The molecule has 1 N–H and O–H groups in total. The summed E-state index contributed by atoms with van der Waals surface area (Å²) in [6, 6.07) is 3.70. The van der Waals surface area contributed by atoms with Gasteiger partial charge in [0.25, 0.3) is 0 Å². The number of rotatable bonds is 2. The van der Waals surface area contributed by atoms with E-state index in [9.17, 15) is 9.90 Å². The average Bonchev–Trinajstić information content (AvgIpc) is 2.50. The van der Waals surface area contributed by atoms with Gasteiger partial charge >= 0.3 is 0 Å². The zero-order valence-electron chi connectivity index (χ0n) is 11.0. The summed E-state index contributed by atoms with van der Waals surface area (Å²) in [5.41, 5.74) is 0.972. The molecule has 0 bridgehead atoms. The summed E-state index contributed by atoms with van der Waals surface area (Å²) in [6.07, 6.45) is 4.32. The van der Waals surface area contributed by atoms with Crippen LogP contribution in [0.4, 0.5) is 5.69 Å². The Bertz CT molecular complexity index is 426. The maximum atomic E-state index is 11.2. The number of Topliss-reactive ketones (excluding diaryl/α,β-unsaturated/α-hetero) is 1. The normalized spacial score (nSPS) is 24.7. The van der Waals surface area contributed by atoms with Crippen molar-refractivity contribution in [2.45, 2.75) is 38.7 Å². The maximum Gasteiger partial charge on any atom is 0.178 e. The lowest BCUT2D eigenvalue weighted by Gasteiger charge is -2.24. The second kappa shape index (κ2) is 5.06. The molecule has 1 unspecified atom stereocenters. The molecule has 0 radical (unpaired) electrons.